The summed E-state index contributed by atoms with van der Waals surface area (Å²) in [6, 6.07) is 12.3. The van der Waals surface area contributed by atoms with Gasteiger partial charge in [-0.3, -0.25) is 4.72 Å². The van der Waals surface area contributed by atoms with E-state index in [9.17, 15) is 13.2 Å². The van der Waals surface area contributed by atoms with Crippen molar-refractivity contribution in [1.82, 2.24) is 20.6 Å². The second-order valence-electron chi connectivity index (χ2n) is 4.91. The fourth-order valence-corrected chi connectivity index (χ4v) is 3.44. The Balaban J connectivity index is 1.96. The molecule has 1 heterocycles. The number of aromatic amines is 1. The number of nitrogens with zero attached hydrogens (tertiary/aromatic N) is 3. The van der Waals surface area contributed by atoms with Crippen LogP contribution < -0.4 is 4.72 Å². The van der Waals surface area contributed by atoms with Crippen molar-refractivity contribution in [3.63, 3.8) is 0 Å². The number of benzene rings is 2. The van der Waals surface area contributed by atoms with Crippen LogP contribution in [0.3, 0.4) is 0 Å². The third kappa shape index (κ3) is 3.48. The van der Waals surface area contributed by atoms with Gasteiger partial charge in [0.15, 0.2) is 0 Å². The molecule has 1 aromatic heterocycles. The molecular formula is C15H13N5O4S. The number of ether oxygens (including phenoxy) is 1. The van der Waals surface area contributed by atoms with E-state index in [1.165, 1.54) is 25.3 Å². The number of anilines is 1. The minimum absolute atomic E-state index is 0.0492. The molecule has 0 amide bonds. The summed E-state index contributed by atoms with van der Waals surface area (Å²) in [6.45, 7) is 0. The predicted octanol–water partition coefficient (Wildman–Crippen LogP) is 1.45. The van der Waals surface area contributed by atoms with Crippen LogP contribution in [0.1, 0.15) is 10.4 Å². The zero-order valence-corrected chi connectivity index (χ0v) is 13.8. The third-order valence-corrected chi connectivity index (χ3v) is 4.74. The van der Waals surface area contributed by atoms with Crippen molar-refractivity contribution < 1.29 is 17.9 Å². The molecule has 3 rings (SSSR count). The van der Waals surface area contributed by atoms with Gasteiger partial charge in [0.2, 0.25) is 5.82 Å². The Morgan fingerprint density at radius 2 is 1.96 bits per heavy atom. The highest BCUT2D eigenvalue weighted by molar-refractivity contribution is 7.92. The summed E-state index contributed by atoms with van der Waals surface area (Å²) in [5, 5.41) is 13.5. The van der Waals surface area contributed by atoms with E-state index in [-0.39, 0.29) is 10.5 Å². The minimum Gasteiger partial charge on any atom is -0.465 e. The smallest absolute Gasteiger partial charge is 0.339 e. The number of hydrogen-bond donors (Lipinski definition) is 2. The molecule has 0 radical (unpaired) electrons. The van der Waals surface area contributed by atoms with Crippen molar-refractivity contribution in [2.45, 2.75) is 4.90 Å². The van der Waals surface area contributed by atoms with Crippen LogP contribution in [0.2, 0.25) is 0 Å². The molecule has 0 saturated heterocycles. The van der Waals surface area contributed by atoms with Gasteiger partial charge in [-0.25, -0.2) is 13.2 Å². The Bertz CT molecular complexity index is 1000. The standard InChI is InChI=1S/C15H13N5O4S/c1-24-15(21)12-7-2-3-8-13(12)25(22,23)18-11-6-4-5-10(9-11)14-16-19-20-17-14/h2-9,18H,1H3,(H,16,17,19,20). The molecule has 0 aliphatic carbocycles. The van der Waals surface area contributed by atoms with Gasteiger partial charge >= 0.3 is 5.97 Å². The van der Waals surface area contributed by atoms with Crippen molar-refractivity contribution in [1.29, 1.82) is 0 Å². The van der Waals surface area contributed by atoms with Crippen LogP contribution >= 0.6 is 0 Å². The number of tetrazole rings is 1. The maximum Gasteiger partial charge on any atom is 0.339 e. The topological polar surface area (TPSA) is 127 Å². The van der Waals surface area contributed by atoms with Crippen molar-refractivity contribution in [3.05, 3.63) is 54.1 Å². The number of aromatic nitrogens is 4. The lowest BCUT2D eigenvalue weighted by atomic mass is 10.2. The number of carbonyl (C=O) groups is 1. The van der Waals surface area contributed by atoms with Crippen molar-refractivity contribution >= 4 is 21.7 Å². The van der Waals surface area contributed by atoms with E-state index >= 15 is 0 Å². The fourth-order valence-electron chi connectivity index (χ4n) is 2.20. The second-order valence-corrected chi connectivity index (χ2v) is 6.56. The van der Waals surface area contributed by atoms with Crippen LogP contribution in [-0.4, -0.2) is 42.1 Å². The molecule has 0 spiro atoms. The van der Waals surface area contributed by atoms with Crippen molar-refractivity contribution in [2.75, 3.05) is 11.8 Å². The van der Waals surface area contributed by atoms with Gasteiger partial charge in [-0.05, 0) is 29.5 Å². The van der Waals surface area contributed by atoms with E-state index in [2.05, 4.69) is 30.1 Å². The molecule has 0 atom stereocenters. The summed E-state index contributed by atoms with van der Waals surface area (Å²) in [5.74, 6) is -0.405. The van der Waals surface area contributed by atoms with Crippen LogP contribution in [0.4, 0.5) is 5.69 Å². The number of nitrogens with one attached hydrogen (secondary N) is 2. The number of sulfonamides is 1. The summed E-state index contributed by atoms with van der Waals surface area (Å²) in [6.07, 6.45) is 0. The highest BCUT2D eigenvalue weighted by Crippen LogP contribution is 2.23. The molecule has 9 nitrogen and oxygen atoms in total. The lowest BCUT2D eigenvalue weighted by Crippen LogP contribution is -2.17. The Hall–Kier alpha value is -3.27. The van der Waals surface area contributed by atoms with Crippen LogP contribution in [0, 0.1) is 0 Å². The van der Waals surface area contributed by atoms with Crippen LogP contribution in [-0.2, 0) is 14.8 Å². The summed E-state index contributed by atoms with van der Waals surface area (Å²) >= 11 is 0. The van der Waals surface area contributed by atoms with Gasteiger partial charge in [0, 0.05) is 11.3 Å². The number of rotatable bonds is 5. The van der Waals surface area contributed by atoms with E-state index in [1.54, 1.807) is 30.3 Å². The number of methoxy groups -OCH3 is 1. The molecule has 10 heteroatoms. The first-order chi connectivity index (χ1) is 12.0. The zero-order valence-electron chi connectivity index (χ0n) is 13.0. The van der Waals surface area contributed by atoms with Gasteiger partial charge in [-0.15, -0.1) is 10.2 Å². The van der Waals surface area contributed by atoms with Gasteiger partial charge in [0.1, 0.15) is 4.90 Å². The molecule has 2 aromatic carbocycles. The molecule has 128 valence electrons. The van der Waals surface area contributed by atoms with Gasteiger partial charge in [-0.1, -0.05) is 24.3 Å². The number of H-pyrrole nitrogens is 1. The highest BCUT2D eigenvalue weighted by atomic mass is 32.2. The maximum absolute atomic E-state index is 12.7. The molecule has 0 fully saturated rings. The van der Waals surface area contributed by atoms with Gasteiger partial charge in [-0.2, -0.15) is 5.21 Å². The minimum atomic E-state index is -4.00. The lowest BCUT2D eigenvalue weighted by molar-refractivity contribution is 0.0596. The summed E-state index contributed by atoms with van der Waals surface area (Å²) < 4.78 is 32.4. The molecule has 0 unspecified atom stereocenters. The zero-order chi connectivity index (χ0) is 17.9. The second kappa shape index (κ2) is 6.69. The number of esters is 1. The van der Waals surface area contributed by atoms with Crippen molar-refractivity contribution in [2.24, 2.45) is 0 Å². The monoisotopic (exact) mass is 359 g/mol. The molecule has 0 saturated carbocycles. The third-order valence-electron chi connectivity index (χ3n) is 3.30. The largest absolute Gasteiger partial charge is 0.465 e. The first kappa shape index (κ1) is 16.6. The van der Waals surface area contributed by atoms with E-state index < -0.39 is 16.0 Å². The Morgan fingerprint density at radius 3 is 2.68 bits per heavy atom. The summed E-state index contributed by atoms with van der Waals surface area (Å²) in [4.78, 5) is 11.6. The molecule has 3 aromatic rings. The van der Waals surface area contributed by atoms with E-state index in [0.717, 1.165) is 0 Å². The van der Waals surface area contributed by atoms with Crippen LogP contribution in [0.25, 0.3) is 11.4 Å². The molecule has 0 aliphatic heterocycles. The lowest BCUT2D eigenvalue weighted by Gasteiger charge is -2.11. The van der Waals surface area contributed by atoms with Crippen LogP contribution in [0.15, 0.2) is 53.4 Å². The highest BCUT2D eigenvalue weighted by Gasteiger charge is 2.22. The van der Waals surface area contributed by atoms with Gasteiger partial charge < -0.3 is 4.74 Å². The molecular weight excluding hydrogens is 346 g/mol. The normalized spacial score (nSPS) is 11.1. The number of hydrogen-bond acceptors (Lipinski definition) is 7. The van der Waals surface area contributed by atoms with E-state index in [4.69, 9.17) is 0 Å². The Kier molecular flexibility index (Phi) is 4.44. The van der Waals surface area contributed by atoms with E-state index in [1.807, 2.05) is 0 Å². The molecule has 0 aliphatic rings. The first-order valence-corrected chi connectivity index (χ1v) is 8.53. The Morgan fingerprint density at radius 1 is 1.16 bits per heavy atom. The van der Waals surface area contributed by atoms with E-state index in [0.29, 0.717) is 17.1 Å². The fraction of sp³-hybridized carbons (Fsp3) is 0.0667. The first-order valence-electron chi connectivity index (χ1n) is 7.05. The average Bonchev–Trinajstić information content (AvgIpc) is 3.15. The van der Waals surface area contributed by atoms with Gasteiger partial charge in [0.25, 0.3) is 10.0 Å². The Labute approximate surface area is 143 Å². The summed E-state index contributed by atoms with van der Waals surface area (Å²) in [7, 11) is -2.81. The number of carbonyl (C=O) groups excluding carboxylic acids is 1. The predicted molar refractivity (Wildman–Crippen MR) is 88.2 cm³/mol. The maximum atomic E-state index is 12.7. The van der Waals surface area contributed by atoms with Crippen molar-refractivity contribution in [3.8, 4) is 11.4 Å². The molecule has 25 heavy (non-hydrogen) atoms. The molecule has 0 bridgehead atoms. The summed E-state index contributed by atoms with van der Waals surface area (Å²) in [5.41, 5.74) is 0.823. The van der Waals surface area contributed by atoms with Gasteiger partial charge in [0.05, 0.1) is 12.7 Å². The average molecular weight is 359 g/mol. The quantitative estimate of drug-likeness (QED) is 0.660. The SMILES string of the molecule is COC(=O)c1ccccc1S(=O)(=O)Nc1cccc(-c2nn[nH]n2)c1. The molecule has 2 N–H and O–H groups in total. The van der Waals surface area contributed by atoms with Crippen LogP contribution in [0.5, 0.6) is 0 Å².